The van der Waals surface area contributed by atoms with E-state index in [0.717, 1.165) is 6.07 Å². The van der Waals surface area contributed by atoms with Gasteiger partial charge in [-0.1, -0.05) is 24.3 Å². The molecule has 1 N–H and O–H groups in total. The molecule has 0 aromatic heterocycles. The summed E-state index contributed by atoms with van der Waals surface area (Å²) in [6.07, 6.45) is 0. The van der Waals surface area contributed by atoms with Crippen molar-refractivity contribution in [2.75, 3.05) is 0 Å². The van der Waals surface area contributed by atoms with E-state index >= 15 is 0 Å². The normalized spacial score (nSPS) is 11.2. The number of rotatable bonds is 3. The van der Waals surface area contributed by atoms with Crippen LogP contribution in [0.3, 0.4) is 0 Å². The summed E-state index contributed by atoms with van der Waals surface area (Å²) in [5.74, 6) is -1.32. The van der Waals surface area contributed by atoms with Crippen molar-refractivity contribution in [3.05, 3.63) is 71.3 Å². The van der Waals surface area contributed by atoms with Crippen molar-refractivity contribution in [1.82, 2.24) is 5.32 Å². The SMILES string of the molecule is CC(C)(NC(=O)c1cccc(F)c1)c1ccccc1F. The number of carbonyl (C=O) groups excluding carboxylic acids is 1. The van der Waals surface area contributed by atoms with E-state index in [4.69, 9.17) is 0 Å². The van der Waals surface area contributed by atoms with Gasteiger partial charge in [0, 0.05) is 11.1 Å². The molecule has 2 nitrogen and oxygen atoms in total. The van der Waals surface area contributed by atoms with Crippen molar-refractivity contribution in [3.63, 3.8) is 0 Å². The van der Waals surface area contributed by atoms with Crippen LogP contribution in [0, 0.1) is 11.6 Å². The van der Waals surface area contributed by atoms with Gasteiger partial charge in [0.1, 0.15) is 11.6 Å². The van der Waals surface area contributed by atoms with Crippen molar-refractivity contribution >= 4 is 5.91 Å². The van der Waals surface area contributed by atoms with Crippen LogP contribution in [0.25, 0.3) is 0 Å². The smallest absolute Gasteiger partial charge is 0.252 e. The molecule has 2 aromatic rings. The molecule has 20 heavy (non-hydrogen) atoms. The zero-order valence-electron chi connectivity index (χ0n) is 11.3. The minimum atomic E-state index is -0.894. The molecule has 0 spiro atoms. The van der Waals surface area contributed by atoms with Gasteiger partial charge in [-0.2, -0.15) is 0 Å². The molecule has 4 heteroatoms. The van der Waals surface area contributed by atoms with Gasteiger partial charge in [0.25, 0.3) is 5.91 Å². The maximum absolute atomic E-state index is 13.8. The Morgan fingerprint density at radius 3 is 2.40 bits per heavy atom. The van der Waals surface area contributed by atoms with Gasteiger partial charge in [0.2, 0.25) is 0 Å². The van der Waals surface area contributed by atoms with Gasteiger partial charge in [-0.15, -0.1) is 0 Å². The lowest BCUT2D eigenvalue weighted by atomic mass is 9.93. The summed E-state index contributed by atoms with van der Waals surface area (Å²) >= 11 is 0. The van der Waals surface area contributed by atoms with E-state index in [1.807, 2.05) is 0 Å². The number of amides is 1. The molecule has 0 radical (unpaired) electrons. The lowest BCUT2D eigenvalue weighted by Gasteiger charge is -2.27. The highest BCUT2D eigenvalue weighted by Gasteiger charge is 2.26. The second-order valence-electron chi connectivity index (χ2n) is 5.07. The zero-order valence-corrected chi connectivity index (χ0v) is 11.3. The first kappa shape index (κ1) is 14.2. The maximum Gasteiger partial charge on any atom is 0.252 e. The quantitative estimate of drug-likeness (QED) is 0.910. The molecular formula is C16H15F2NO. The molecule has 104 valence electrons. The van der Waals surface area contributed by atoms with Crippen LogP contribution in [0.1, 0.15) is 29.8 Å². The zero-order chi connectivity index (χ0) is 14.8. The minimum absolute atomic E-state index is 0.203. The highest BCUT2D eigenvalue weighted by molar-refractivity contribution is 5.94. The Balaban J connectivity index is 2.24. The third-order valence-corrected chi connectivity index (χ3v) is 3.06. The van der Waals surface area contributed by atoms with Crippen molar-refractivity contribution in [3.8, 4) is 0 Å². The van der Waals surface area contributed by atoms with Crippen LogP contribution >= 0.6 is 0 Å². The highest BCUT2D eigenvalue weighted by Crippen LogP contribution is 2.23. The summed E-state index contributed by atoms with van der Waals surface area (Å²) in [5, 5.41) is 2.71. The molecule has 0 aliphatic heterocycles. The van der Waals surface area contributed by atoms with Crippen LogP contribution < -0.4 is 5.32 Å². The largest absolute Gasteiger partial charge is 0.343 e. The average molecular weight is 275 g/mol. The van der Waals surface area contributed by atoms with Gasteiger partial charge in [0.15, 0.2) is 0 Å². The van der Waals surface area contributed by atoms with Crippen molar-refractivity contribution in [2.45, 2.75) is 19.4 Å². The minimum Gasteiger partial charge on any atom is -0.343 e. The number of carbonyl (C=O) groups is 1. The first-order valence-electron chi connectivity index (χ1n) is 6.23. The molecule has 0 saturated carbocycles. The van der Waals surface area contributed by atoms with Crippen LogP contribution in [-0.2, 0) is 5.54 Å². The Kier molecular flexibility index (Phi) is 3.84. The highest BCUT2D eigenvalue weighted by atomic mass is 19.1. The van der Waals surface area contributed by atoms with E-state index < -0.39 is 23.1 Å². The van der Waals surface area contributed by atoms with Gasteiger partial charge in [0.05, 0.1) is 5.54 Å². The third-order valence-electron chi connectivity index (χ3n) is 3.06. The molecule has 2 aromatic carbocycles. The fourth-order valence-electron chi connectivity index (χ4n) is 2.02. The van der Waals surface area contributed by atoms with Gasteiger partial charge in [-0.3, -0.25) is 4.79 Å². The summed E-state index contributed by atoms with van der Waals surface area (Å²) in [4.78, 5) is 12.1. The second kappa shape index (κ2) is 5.41. The van der Waals surface area contributed by atoms with E-state index in [2.05, 4.69) is 5.32 Å². The van der Waals surface area contributed by atoms with Gasteiger partial charge < -0.3 is 5.32 Å². The summed E-state index contributed by atoms with van der Waals surface area (Å²) in [6.45, 7) is 3.39. The maximum atomic E-state index is 13.8. The van der Waals surface area contributed by atoms with E-state index in [-0.39, 0.29) is 5.56 Å². The lowest BCUT2D eigenvalue weighted by Crippen LogP contribution is -2.41. The number of hydrogen-bond donors (Lipinski definition) is 1. The first-order valence-corrected chi connectivity index (χ1v) is 6.23. The number of hydrogen-bond acceptors (Lipinski definition) is 1. The van der Waals surface area contributed by atoms with Crippen molar-refractivity contribution < 1.29 is 13.6 Å². The number of nitrogens with one attached hydrogen (secondary N) is 1. The Morgan fingerprint density at radius 2 is 1.75 bits per heavy atom. The molecule has 0 heterocycles. The molecule has 0 atom stereocenters. The second-order valence-corrected chi connectivity index (χ2v) is 5.07. The van der Waals surface area contributed by atoms with Crippen LogP contribution in [0.5, 0.6) is 0 Å². The molecule has 0 unspecified atom stereocenters. The number of benzene rings is 2. The van der Waals surface area contributed by atoms with E-state index in [1.165, 1.54) is 24.3 Å². The lowest BCUT2D eigenvalue weighted by molar-refractivity contribution is 0.0910. The van der Waals surface area contributed by atoms with Crippen LogP contribution in [0.15, 0.2) is 48.5 Å². The molecule has 0 fully saturated rings. The Labute approximate surface area is 116 Å². The monoisotopic (exact) mass is 275 g/mol. The fourth-order valence-corrected chi connectivity index (χ4v) is 2.02. The molecule has 1 amide bonds. The van der Waals surface area contributed by atoms with Crippen molar-refractivity contribution in [2.24, 2.45) is 0 Å². The Bertz CT molecular complexity index is 638. The summed E-state index contributed by atoms with van der Waals surface area (Å²) in [7, 11) is 0. The summed E-state index contributed by atoms with van der Waals surface area (Å²) in [5.41, 5.74) is -0.312. The first-order chi connectivity index (χ1) is 9.40. The number of halogens is 2. The van der Waals surface area contributed by atoms with Gasteiger partial charge in [-0.25, -0.2) is 8.78 Å². The predicted molar refractivity (Wildman–Crippen MR) is 73.3 cm³/mol. The van der Waals surface area contributed by atoms with Gasteiger partial charge in [-0.05, 0) is 38.1 Å². The molecule has 0 aliphatic carbocycles. The van der Waals surface area contributed by atoms with Crippen molar-refractivity contribution in [1.29, 1.82) is 0 Å². The Hall–Kier alpha value is -2.23. The molecule has 0 saturated heterocycles. The predicted octanol–water partition coefficient (Wildman–Crippen LogP) is 3.63. The Morgan fingerprint density at radius 1 is 1.05 bits per heavy atom. The van der Waals surface area contributed by atoms with Crippen LogP contribution in [0.4, 0.5) is 8.78 Å². The third kappa shape index (κ3) is 3.02. The van der Waals surface area contributed by atoms with Crippen LogP contribution in [0.2, 0.25) is 0 Å². The van der Waals surface area contributed by atoms with E-state index in [9.17, 15) is 13.6 Å². The van der Waals surface area contributed by atoms with E-state index in [1.54, 1.807) is 32.0 Å². The summed E-state index contributed by atoms with van der Waals surface area (Å²) in [6, 6.07) is 11.6. The molecule has 2 rings (SSSR count). The van der Waals surface area contributed by atoms with E-state index in [0.29, 0.717) is 5.56 Å². The fraction of sp³-hybridized carbons (Fsp3) is 0.188. The van der Waals surface area contributed by atoms with Gasteiger partial charge >= 0.3 is 0 Å². The molecule has 0 bridgehead atoms. The molecule has 0 aliphatic rings. The summed E-state index contributed by atoms with van der Waals surface area (Å²) < 4.78 is 26.9. The molecular weight excluding hydrogens is 260 g/mol. The standard InChI is InChI=1S/C16H15F2NO/c1-16(2,13-8-3-4-9-14(13)18)19-15(20)11-6-5-7-12(17)10-11/h3-10H,1-2H3,(H,19,20). The topological polar surface area (TPSA) is 29.1 Å². The average Bonchev–Trinajstić information content (AvgIpc) is 2.38. The van der Waals surface area contributed by atoms with Crippen LogP contribution in [-0.4, -0.2) is 5.91 Å².